The number of carbonyl (C=O) groups is 1. The Hall–Kier alpha value is -1.42. The van der Waals surface area contributed by atoms with Crippen molar-refractivity contribution in [3.8, 4) is 5.75 Å². The normalized spacial score (nSPS) is 11.7. The van der Waals surface area contributed by atoms with E-state index >= 15 is 0 Å². The van der Waals surface area contributed by atoms with Crippen LogP contribution < -0.4 is 10.1 Å². The molecule has 94 valence electrons. The fourth-order valence-corrected chi connectivity index (χ4v) is 1.55. The van der Waals surface area contributed by atoms with Gasteiger partial charge in [-0.2, -0.15) is 0 Å². The lowest BCUT2D eigenvalue weighted by molar-refractivity contribution is -0.144. The lowest BCUT2D eigenvalue weighted by Gasteiger charge is -2.17. The van der Waals surface area contributed by atoms with Gasteiger partial charge in [0.2, 0.25) is 0 Å². The Balaban J connectivity index is 2.56. The second-order valence-corrected chi connectivity index (χ2v) is 3.78. The Morgan fingerprint density at radius 3 is 2.76 bits per heavy atom. The molecule has 0 fully saturated rings. The molecular formula is C12H16ClNO3. The molecule has 1 aromatic rings. The average molecular weight is 258 g/mol. The summed E-state index contributed by atoms with van der Waals surface area (Å²) in [5.74, 6) is 0.656. The van der Waals surface area contributed by atoms with Gasteiger partial charge in [0.15, 0.2) is 0 Å². The minimum atomic E-state index is -0.348. The summed E-state index contributed by atoms with van der Waals surface area (Å²) >= 11 is 5.70. The highest BCUT2D eigenvalue weighted by atomic mass is 35.5. The molecule has 0 aliphatic rings. The van der Waals surface area contributed by atoms with Gasteiger partial charge in [-0.1, -0.05) is 12.1 Å². The quantitative estimate of drug-likeness (QED) is 0.627. The summed E-state index contributed by atoms with van der Waals surface area (Å²) < 4.78 is 10.2. The van der Waals surface area contributed by atoms with Crippen molar-refractivity contribution in [3.63, 3.8) is 0 Å². The summed E-state index contributed by atoms with van der Waals surface area (Å²) in [7, 11) is 1.60. The number of hydrogen-bond donors (Lipinski definition) is 1. The van der Waals surface area contributed by atoms with Crippen LogP contribution in [0.3, 0.4) is 0 Å². The van der Waals surface area contributed by atoms with Crippen molar-refractivity contribution in [3.05, 3.63) is 24.3 Å². The smallest absolute Gasteiger partial charge is 0.303 e. The number of methoxy groups -OCH3 is 1. The Bertz CT molecular complexity index is 371. The van der Waals surface area contributed by atoms with Gasteiger partial charge in [-0.25, -0.2) is 0 Å². The van der Waals surface area contributed by atoms with Crippen LogP contribution >= 0.6 is 11.6 Å². The zero-order valence-electron chi connectivity index (χ0n) is 9.90. The van der Waals surface area contributed by atoms with Crippen LogP contribution in [0.1, 0.15) is 6.92 Å². The van der Waals surface area contributed by atoms with Gasteiger partial charge in [0.05, 0.1) is 25.2 Å². The minimum Gasteiger partial charge on any atom is -0.495 e. The van der Waals surface area contributed by atoms with E-state index in [1.54, 1.807) is 7.11 Å². The Morgan fingerprint density at radius 2 is 2.18 bits per heavy atom. The van der Waals surface area contributed by atoms with Crippen molar-refractivity contribution >= 4 is 23.3 Å². The highest BCUT2D eigenvalue weighted by Crippen LogP contribution is 2.22. The van der Waals surface area contributed by atoms with Crippen LogP contribution in [0.2, 0.25) is 0 Å². The maximum atomic E-state index is 10.8. The molecule has 0 amide bonds. The van der Waals surface area contributed by atoms with Crippen LogP contribution in [0.5, 0.6) is 5.75 Å². The zero-order valence-corrected chi connectivity index (χ0v) is 10.7. The fraction of sp³-hybridized carbons (Fsp3) is 0.417. The molecule has 1 rings (SSSR count). The van der Waals surface area contributed by atoms with Crippen LogP contribution in [-0.2, 0) is 9.53 Å². The highest BCUT2D eigenvalue weighted by Gasteiger charge is 2.11. The highest BCUT2D eigenvalue weighted by molar-refractivity contribution is 6.18. The number of nitrogens with one attached hydrogen (secondary N) is 1. The second-order valence-electron chi connectivity index (χ2n) is 3.47. The first-order chi connectivity index (χ1) is 8.17. The molecule has 17 heavy (non-hydrogen) atoms. The molecule has 0 heterocycles. The third-order valence-electron chi connectivity index (χ3n) is 2.13. The van der Waals surface area contributed by atoms with Gasteiger partial charge in [0.1, 0.15) is 11.9 Å². The summed E-state index contributed by atoms with van der Waals surface area (Å²) in [4.78, 5) is 10.8. The standard InChI is InChI=1S/C12H16ClNO3/c1-9(15)17-10(7-13)8-14-11-5-3-4-6-12(11)16-2/h3-6,10,14H,7-8H2,1-2H3/t10-/m1/s1. The Labute approximate surface area is 106 Å². The number of halogens is 1. The van der Waals surface area contributed by atoms with Crippen LogP contribution in [-0.4, -0.2) is 31.6 Å². The van der Waals surface area contributed by atoms with E-state index in [1.165, 1.54) is 6.92 Å². The van der Waals surface area contributed by atoms with Crippen LogP contribution in [0, 0.1) is 0 Å². The number of anilines is 1. The summed E-state index contributed by atoms with van der Waals surface area (Å²) in [6, 6.07) is 7.52. The van der Waals surface area contributed by atoms with Crippen molar-refractivity contribution in [2.75, 3.05) is 24.9 Å². The summed E-state index contributed by atoms with van der Waals surface area (Å²) in [5, 5.41) is 3.13. The van der Waals surface area contributed by atoms with Gasteiger partial charge in [-0.05, 0) is 12.1 Å². The monoisotopic (exact) mass is 257 g/mol. The lowest BCUT2D eigenvalue weighted by Crippen LogP contribution is -2.27. The number of hydrogen-bond acceptors (Lipinski definition) is 4. The largest absolute Gasteiger partial charge is 0.495 e. The Kier molecular flexibility index (Phi) is 5.63. The van der Waals surface area contributed by atoms with Crippen molar-refractivity contribution in [2.45, 2.75) is 13.0 Å². The topological polar surface area (TPSA) is 47.6 Å². The first-order valence-corrected chi connectivity index (χ1v) is 5.81. The summed E-state index contributed by atoms with van der Waals surface area (Å²) in [6.45, 7) is 1.81. The molecule has 1 N–H and O–H groups in total. The lowest BCUT2D eigenvalue weighted by atomic mass is 10.3. The SMILES string of the molecule is COc1ccccc1NC[C@@H](CCl)OC(C)=O. The number of carbonyl (C=O) groups excluding carboxylic acids is 1. The predicted octanol–water partition coefficient (Wildman–Crippen LogP) is 2.28. The second kappa shape index (κ2) is 7.01. The van der Waals surface area contributed by atoms with Crippen molar-refractivity contribution in [1.82, 2.24) is 0 Å². The van der Waals surface area contributed by atoms with E-state index in [-0.39, 0.29) is 18.0 Å². The molecule has 0 unspecified atom stereocenters. The van der Waals surface area contributed by atoms with Crippen molar-refractivity contribution < 1.29 is 14.3 Å². The fourth-order valence-electron chi connectivity index (χ4n) is 1.38. The molecule has 0 radical (unpaired) electrons. The number of ether oxygens (including phenoxy) is 2. The molecule has 0 aliphatic carbocycles. The number of rotatable bonds is 6. The molecule has 0 spiro atoms. The minimum absolute atomic E-state index is 0.252. The van der Waals surface area contributed by atoms with Crippen LogP contribution in [0.4, 0.5) is 5.69 Å². The molecule has 1 atom stereocenters. The van der Waals surface area contributed by atoms with E-state index < -0.39 is 0 Å². The van der Waals surface area contributed by atoms with Gasteiger partial charge < -0.3 is 14.8 Å². The van der Waals surface area contributed by atoms with E-state index in [1.807, 2.05) is 24.3 Å². The third-order valence-corrected chi connectivity index (χ3v) is 2.48. The van der Waals surface area contributed by atoms with E-state index in [4.69, 9.17) is 21.1 Å². The molecular weight excluding hydrogens is 242 g/mol. The average Bonchev–Trinajstić information content (AvgIpc) is 2.34. The molecule has 0 saturated carbocycles. The summed E-state index contributed by atoms with van der Waals surface area (Å²) in [5.41, 5.74) is 0.845. The van der Waals surface area contributed by atoms with Crippen molar-refractivity contribution in [1.29, 1.82) is 0 Å². The van der Waals surface area contributed by atoms with Crippen LogP contribution in [0.15, 0.2) is 24.3 Å². The predicted molar refractivity (Wildman–Crippen MR) is 67.8 cm³/mol. The van der Waals surface area contributed by atoms with Crippen molar-refractivity contribution in [2.24, 2.45) is 0 Å². The number of para-hydroxylation sites is 2. The maximum Gasteiger partial charge on any atom is 0.303 e. The van der Waals surface area contributed by atoms with E-state index in [0.29, 0.717) is 6.54 Å². The van der Waals surface area contributed by atoms with Gasteiger partial charge >= 0.3 is 5.97 Å². The molecule has 0 aromatic heterocycles. The molecule has 5 heteroatoms. The first kappa shape index (κ1) is 13.6. The van der Waals surface area contributed by atoms with Gasteiger partial charge in [0, 0.05) is 6.92 Å². The van der Waals surface area contributed by atoms with Gasteiger partial charge in [-0.15, -0.1) is 11.6 Å². The molecule has 0 bridgehead atoms. The Morgan fingerprint density at radius 1 is 1.47 bits per heavy atom. The van der Waals surface area contributed by atoms with E-state index in [2.05, 4.69) is 5.32 Å². The number of esters is 1. The molecule has 0 saturated heterocycles. The van der Waals surface area contributed by atoms with Crippen LogP contribution in [0.25, 0.3) is 0 Å². The number of benzene rings is 1. The molecule has 4 nitrogen and oxygen atoms in total. The van der Waals surface area contributed by atoms with Gasteiger partial charge in [0.25, 0.3) is 0 Å². The first-order valence-electron chi connectivity index (χ1n) is 5.27. The summed E-state index contributed by atoms with van der Waals surface area (Å²) in [6.07, 6.45) is -0.348. The van der Waals surface area contributed by atoms with E-state index in [0.717, 1.165) is 11.4 Å². The number of alkyl halides is 1. The van der Waals surface area contributed by atoms with Gasteiger partial charge in [-0.3, -0.25) is 4.79 Å². The maximum absolute atomic E-state index is 10.8. The molecule has 0 aliphatic heterocycles. The third kappa shape index (κ3) is 4.53. The molecule has 1 aromatic carbocycles. The zero-order chi connectivity index (χ0) is 12.7. The van der Waals surface area contributed by atoms with E-state index in [9.17, 15) is 4.79 Å².